The number of carbonyl (C=O) groups excluding carboxylic acids is 1. The molecule has 3 nitrogen and oxygen atoms in total. The summed E-state index contributed by atoms with van der Waals surface area (Å²) in [6, 6.07) is 10.1. The van der Waals surface area contributed by atoms with Crippen molar-refractivity contribution in [3.05, 3.63) is 42.0 Å². The van der Waals surface area contributed by atoms with E-state index in [1.807, 2.05) is 42.2 Å². The first-order valence-corrected chi connectivity index (χ1v) is 7.81. The Morgan fingerprint density at radius 1 is 1.14 bits per heavy atom. The molecule has 0 N–H and O–H groups in total. The molecule has 0 atom stereocenters. The number of hydrogen-bond donors (Lipinski definition) is 0. The number of nitrogens with zero attached hydrogens (tertiary/aromatic N) is 2. The minimum atomic E-state index is 0.139. The molecular weight excluding hydrogens is 260 g/mol. The SMILES string of the molecule is C/C(=C\C(=O)N1CCN(CC(C)C)CC1)c1ccccc1. The van der Waals surface area contributed by atoms with Gasteiger partial charge in [0.2, 0.25) is 5.91 Å². The lowest BCUT2D eigenvalue weighted by molar-refractivity contribution is -0.127. The van der Waals surface area contributed by atoms with Crippen molar-refractivity contribution in [3.8, 4) is 0 Å². The first-order valence-electron chi connectivity index (χ1n) is 7.81. The fraction of sp³-hybridized carbons (Fsp3) is 0.500. The maximum absolute atomic E-state index is 12.3. The molecule has 1 saturated heterocycles. The third kappa shape index (κ3) is 4.71. The van der Waals surface area contributed by atoms with Gasteiger partial charge in [-0.05, 0) is 24.0 Å². The molecule has 0 bridgehead atoms. The van der Waals surface area contributed by atoms with Gasteiger partial charge in [0.15, 0.2) is 0 Å². The average molecular weight is 286 g/mol. The molecule has 0 spiro atoms. The minimum absolute atomic E-state index is 0.139. The Balaban J connectivity index is 1.90. The molecule has 0 unspecified atom stereocenters. The third-order valence-corrected chi connectivity index (χ3v) is 3.88. The van der Waals surface area contributed by atoms with Gasteiger partial charge in [-0.25, -0.2) is 0 Å². The summed E-state index contributed by atoms with van der Waals surface area (Å²) in [5.41, 5.74) is 2.15. The molecule has 0 saturated carbocycles. The van der Waals surface area contributed by atoms with Gasteiger partial charge in [0.1, 0.15) is 0 Å². The molecule has 1 heterocycles. The molecule has 1 aromatic rings. The normalized spacial score (nSPS) is 17.3. The van der Waals surface area contributed by atoms with Gasteiger partial charge in [0.25, 0.3) is 0 Å². The summed E-state index contributed by atoms with van der Waals surface area (Å²) < 4.78 is 0. The van der Waals surface area contributed by atoms with Gasteiger partial charge in [-0.3, -0.25) is 9.69 Å². The summed E-state index contributed by atoms with van der Waals surface area (Å²) in [6.45, 7) is 11.3. The number of amides is 1. The smallest absolute Gasteiger partial charge is 0.246 e. The van der Waals surface area contributed by atoms with Gasteiger partial charge in [0.05, 0.1) is 0 Å². The molecule has 0 aromatic heterocycles. The molecule has 21 heavy (non-hydrogen) atoms. The molecule has 2 rings (SSSR count). The lowest BCUT2D eigenvalue weighted by Gasteiger charge is -2.35. The van der Waals surface area contributed by atoms with Gasteiger partial charge >= 0.3 is 0 Å². The van der Waals surface area contributed by atoms with Crippen molar-refractivity contribution < 1.29 is 4.79 Å². The number of benzene rings is 1. The predicted molar refractivity (Wildman–Crippen MR) is 88.0 cm³/mol. The molecule has 1 aromatic carbocycles. The van der Waals surface area contributed by atoms with Gasteiger partial charge in [-0.2, -0.15) is 0 Å². The Labute approximate surface area is 128 Å². The van der Waals surface area contributed by atoms with E-state index in [0.717, 1.165) is 43.9 Å². The van der Waals surface area contributed by atoms with E-state index in [1.165, 1.54) is 0 Å². The Morgan fingerprint density at radius 3 is 2.33 bits per heavy atom. The van der Waals surface area contributed by atoms with Gasteiger partial charge in [0, 0.05) is 38.8 Å². The Kier molecular flexibility index (Phi) is 5.57. The molecule has 1 amide bonds. The van der Waals surface area contributed by atoms with Crippen molar-refractivity contribution in [3.63, 3.8) is 0 Å². The van der Waals surface area contributed by atoms with Crippen molar-refractivity contribution in [1.29, 1.82) is 0 Å². The molecule has 1 fully saturated rings. The molecule has 114 valence electrons. The molecule has 0 radical (unpaired) electrons. The maximum Gasteiger partial charge on any atom is 0.246 e. The number of hydrogen-bond acceptors (Lipinski definition) is 2. The average Bonchev–Trinajstić information content (AvgIpc) is 2.48. The Hall–Kier alpha value is -1.61. The van der Waals surface area contributed by atoms with E-state index in [4.69, 9.17) is 0 Å². The van der Waals surface area contributed by atoms with Crippen molar-refractivity contribution >= 4 is 11.5 Å². The summed E-state index contributed by atoms with van der Waals surface area (Å²) in [5.74, 6) is 0.827. The van der Waals surface area contributed by atoms with E-state index in [1.54, 1.807) is 6.08 Å². The van der Waals surface area contributed by atoms with Crippen LogP contribution in [0.5, 0.6) is 0 Å². The molecule has 0 aliphatic carbocycles. The van der Waals surface area contributed by atoms with Crippen LogP contribution >= 0.6 is 0 Å². The van der Waals surface area contributed by atoms with Crippen LogP contribution < -0.4 is 0 Å². The van der Waals surface area contributed by atoms with E-state index in [9.17, 15) is 4.79 Å². The highest BCUT2D eigenvalue weighted by Gasteiger charge is 2.20. The third-order valence-electron chi connectivity index (χ3n) is 3.88. The maximum atomic E-state index is 12.3. The number of carbonyl (C=O) groups is 1. The second kappa shape index (κ2) is 7.41. The fourth-order valence-corrected chi connectivity index (χ4v) is 2.73. The largest absolute Gasteiger partial charge is 0.337 e. The summed E-state index contributed by atoms with van der Waals surface area (Å²) in [6.07, 6.45) is 1.77. The van der Waals surface area contributed by atoms with Crippen LogP contribution in [0.2, 0.25) is 0 Å². The monoisotopic (exact) mass is 286 g/mol. The van der Waals surface area contributed by atoms with Crippen molar-refractivity contribution in [2.75, 3.05) is 32.7 Å². The van der Waals surface area contributed by atoms with Crippen LogP contribution in [-0.2, 0) is 4.79 Å². The zero-order valence-corrected chi connectivity index (χ0v) is 13.4. The van der Waals surface area contributed by atoms with E-state index in [0.29, 0.717) is 5.92 Å². The first-order chi connectivity index (χ1) is 10.1. The van der Waals surface area contributed by atoms with E-state index >= 15 is 0 Å². The summed E-state index contributed by atoms with van der Waals surface area (Å²) >= 11 is 0. The summed E-state index contributed by atoms with van der Waals surface area (Å²) in [4.78, 5) is 16.7. The Morgan fingerprint density at radius 2 is 1.76 bits per heavy atom. The highest BCUT2D eigenvalue weighted by Crippen LogP contribution is 2.14. The van der Waals surface area contributed by atoms with Crippen molar-refractivity contribution in [2.24, 2.45) is 5.92 Å². The summed E-state index contributed by atoms with van der Waals surface area (Å²) in [7, 11) is 0. The number of rotatable bonds is 4. The van der Waals surface area contributed by atoms with E-state index < -0.39 is 0 Å². The number of piperazine rings is 1. The molecular formula is C18H26N2O. The van der Waals surface area contributed by atoms with E-state index in [2.05, 4.69) is 18.7 Å². The van der Waals surface area contributed by atoms with Crippen LogP contribution in [0.15, 0.2) is 36.4 Å². The van der Waals surface area contributed by atoms with Crippen LogP contribution in [0.3, 0.4) is 0 Å². The van der Waals surface area contributed by atoms with Crippen molar-refractivity contribution in [2.45, 2.75) is 20.8 Å². The first kappa shape index (κ1) is 15.8. The lowest BCUT2D eigenvalue weighted by Crippen LogP contribution is -2.49. The summed E-state index contributed by atoms with van der Waals surface area (Å²) in [5, 5.41) is 0. The van der Waals surface area contributed by atoms with E-state index in [-0.39, 0.29) is 5.91 Å². The second-order valence-electron chi connectivity index (χ2n) is 6.21. The van der Waals surface area contributed by atoms with Crippen LogP contribution in [0.1, 0.15) is 26.3 Å². The quantitative estimate of drug-likeness (QED) is 0.795. The van der Waals surface area contributed by atoms with Crippen LogP contribution in [0.25, 0.3) is 5.57 Å². The standard InChI is InChI=1S/C18H26N2O/c1-15(2)14-19-9-11-20(12-10-19)18(21)13-16(3)17-7-5-4-6-8-17/h4-8,13,15H,9-12,14H2,1-3H3/b16-13+. The Bertz CT molecular complexity index is 485. The minimum Gasteiger partial charge on any atom is -0.337 e. The second-order valence-corrected chi connectivity index (χ2v) is 6.21. The van der Waals surface area contributed by atoms with Crippen LogP contribution in [0.4, 0.5) is 0 Å². The van der Waals surface area contributed by atoms with Crippen molar-refractivity contribution in [1.82, 2.24) is 9.80 Å². The zero-order valence-electron chi connectivity index (χ0n) is 13.4. The topological polar surface area (TPSA) is 23.6 Å². The van der Waals surface area contributed by atoms with Gasteiger partial charge < -0.3 is 4.90 Å². The molecule has 3 heteroatoms. The molecule has 1 aliphatic rings. The van der Waals surface area contributed by atoms with Gasteiger partial charge in [-0.15, -0.1) is 0 Å². The fourth-order valence-electron chi connectivity index (χ4n) is 2.73. The highest BCUT2D eigenvalue weighted by atomic mass is 16.2. The predicted octanol–water partition coefficient (Wildman–Crippen LogP) is 2.89. The van der Waals surface area contributed by atoms with Gasteiger partial charge in [-0.1, -0.05) is 44.2 Å². The van der Waals surface area contributed by atoms with Crippen LogP contribution in [-0.4, -0.2) is 48.4 Å². The highest BCUT2D eigenvalue weighted by molar-refractivity contribution is 5.94. The lowest BCUT2D eigenvalue weighted by atomic mass is 10.1. The zero-order chi connectivity index (χ0) is 15.2. The number of allylic oxidation sites excluding steroid dienone is 1. The molecule has 1 aliphatic heterocycles. The van der Waals surface area contributed by atoms with Crippen LogP contribution in [0, 0.1) is 5.92 Å².